The van der Waals surface area contributed by atoms with Crippen LogP contribution < -0.4 is 4.98 Å². The van der Waals surface area contributed by atoms with Crippen molar-refractivity contribution in [1.82, 2.24) is 9.88 Å². The van der Waals surface area contributed by atoms with Gasteiger partial charge in [0.25, 0.3) is 0 Å². The van der Waals surface area contributed by atoms with Gasteiger partial charge < -0.3 is 4.98 Å². The predicted molar refractivity (Wildman–Crippen MR) is 67.8 cm³/mol. The van der Waals surface area contributed by atoms with Crippen LogP contribution >= 0.6 is 0 Å². The maximum Gasteiger partial charge on any atom is 0.117 e. The van der Waals surface area contributed by atoms with Crippen molar-refractivity contribution in [3.8, 4) is 0 Å². The minimum Gasteiger partial charge on any atom is -0.323 e. The third-order valence-electron chi connectivity index (χ3n) is 2.30. The Bertz CT molecular complexity index is 152. The summed E-state index contributed by atoms with van der Waals surface area (Å²) in [6.07, 6.45) is 1.39. The fourth-order valence-corrected chi connectivity index (χ4v) is 3.08. The summed E-state index contributed by atoms with van der Waals surface area (Å²) in [5.74, 6) is 0. The third kappa shape index (κ3) is 5.13. The van der Waals surface area contributed by atoms with Gasteiger partial charge in [-0.05, 0) is 26.8 Å². The lowest BCUT2D eigenvalue weighted by Crippen LogP contribution is -2.57. The molecule has 1 atom stereocenters. The van der Waals surface area contributed by atoms with Gasteiger partial charge in [0.2, 0.25) is 0 Å². The SMILES string of the molecule is [CH2]CC(N[Si](C)(C)C)N(CC)C(C)C. The van der Waals surface area contributed by atoms with E-state index >= 15 is 0 Å². The quantitative estimate of drug-likeness (QED) is 0.541. The van der Waals surface area contributed by atoms with Gasteiger partial charge in [0.05, 0.1) is 6.17 Å². The molecule has 1 N–H and O–H groups in total. The summed E-state index contributed by atoms with van der Waals surface area (Å²) >= 11 is 0. The Morgan fingerprint density at radius 2 is 1.79 bits per heavy atom. The molecule has 0 saturated carbocycles. The largest absolute Gasteiger partial charge is 0.323 e. The Morgan fingerprint density at radius 3 is 2.00 bits per heavy atom. The minimum atomic E-state index is -1.20. The van der Waals surface area contributed by atoms with Gasteiger partial charge in [-0.25, -0.2) is 0 Å². The van der Waals surface area contributed by atoms with Crippen LogP contribution in [0.1, 0.15) is 27.2 Å². The maximum atomic E-state index is 4.04. The first kappa shape index (κ1) is 14.1. The van der Waals surface area contributed by atoms with Crippen LogP contribution in [0.3, 0.4) is 0 Å². The van der Waals surface area contributed by atoms with Crippen molar-refractivity contribution in [1.29, 1.82) is 0 Å². The molecular formula is C11H27N2Si. The van der Waals surface area contributed by atoms with Crippen molar-refractivity contribution >= 4 is 8.24 Å². The summed E-state index contributed by atoms with van der Waals surface area (Å²) in [5, 5.41) is 0. The molecule has 0 aliphatic rings. The fraction of sp³-hybridized carbons (Fsp3) is 0.909. The van der Waals surface area contributed by atoms with Crippen molar-refractivity contribution in [3.05, 3.63) is 6.92 Å². The standard InChI is InChI=1S/C11H27N2Si/c1-8-11(12-14(5,6)7)13(9-2)10(3)4/h10-12H,1,8-9H2,2-7H3. The van der Waals surface area contributed by atoms with Gasteiger partial charge in [-0.3, -0.25) is 4.90 Å². The van der Waals surface area contributed by atoms with Gasteiger partial charge >= 0.3 is 0 Å². The molecule has 0 saturated heterocycles. The zero-order valence-corrected chi connectivity index (χ0v) is 11.7. The average Bonchev–Trinajstić information content (AvgIpc) is 2.00. The van der Waals surface area contributed by atoms with E-state index in [1.54, 1.807) is 0 Å². The molecule has 0 fully saturated rings. The van der Waals surface area contributed by atoms with Gasteiger partial charge in [0.1, 0.15) is 8.24 Å². The highest BCUT2D eigenvalue weighted by molar-refractivity contribution is 6.73. The lowest BCUT2D eigenvalue weighted by atomic mass is 10.2. The van der Waals surface area contributed by atoms with E-state index in [4.69, 9.17) is 0 Å². The summed E-state index contributed by atoms with van der Waals surface area (Å²) in [6.45, 7) is 18.9. The number of hydrogen-bond donors (Lipinski definition) is 1. The summed E-state index contributed by atoms with van der Waals surface area (Å²) in [5.41, 5.74) is 0. The molecule has 0 spiro atoms. The third-order valence-corrected chi connectivity index (χ3v) is 3.50. The Labute approximate surface area is 91.2 Å². The number of hydrogen-bond acceptors (Lipinski definition) is 2. The summed E-state index contributed by atoms with van der Waals surface area (Å²) in [4.78, 5) is 6.22. The van der Waals surface area contributed by atoms with E-state index in [2.05, 4.69) is 57.2 Å². The molecule has 0 bridgehead atoms. The Morgan fingerprint density at radius 1 is 1.29 bits per heavy atom. The molecule has 0 aromatic rings. The molecule has 0 aromatic carbocycles. The van der Waals surface area contributed by atoms with Crippen molar-refractivity contribution in [2.24, 2.45) is 0 Å². The monoisotopic (exact) mass is 215 g/mol. The lowest BCUT2D eigenvalue weighted by Gasteiger charge is -2.37. The molecule has 0 heterocycles. The van der Waals surface area contributed by atoms with Gasteiger partial charge in [-0.2, -0.15) is 0 Å². The second kappa shape index (κ2) is 5.88. The lowest BCUT2D eigenvalue weighted by molar-refractivity contribution is 0.151. The molecule has 3 heteroatoms. The van der Waals surface area contributed by atoms with E-state index in [0.29, 0.717) is 12.2 Å². The smallest absolute Gasteiger partial charge is 0.117 e. The van der Waals surface area contributed by atoms with Gasteiger partial charge in [0, 0.05) is 6.04 Å². The van der Waals surface area contributed by atoms with E-state index in [1.165, 1.54) is 0 Å². The van der Waals surface area contributed by atoms with E-state index in [-0.39, 0.29) is 0 Å². The Kier molecular flexibility index (Phi) is 5.94. The van der Waals surface area contributed by atoms with E-state index in [1.807, 2.05) is 0 Å². The number of nitrogens with one attached hydrogen (secondary N) is 1. The first-order valence-corrected chi connectivity index (χ1v) is 9.14. The molecule has 85 valence electrons. The number of rotatable bonds is 6. The van der Waals surface area contributed by atoms with Crippen LogP contribution in [0.2, 0.25) is 19.6 Å². The summed E-state index contributed by atoms with van der Waals surface area (Å²) < 4.78 is 0. The first-order valence-electron chi connectivity index (χ1n) is 5.64. The van der Waals surface area contributed by atoms with E-state index < -0.39 is 8.24 Å². The van der Waals surface area contributed by atoms with Crippen molar-refractivity contribution in [2.75, 3.05) is 6.54 Å². The fourth-order valence-electron chi connectivity index (χ4n) is 1.77. The topological polar surface area (TPSA) is 15.3 Å². The van der Waals surface area contributed by atoms with Crippen LogP contribution in [0, 0.1) is 6.92 Å². The molecule has 0 rings (SSSR count). The zero-order chi connectivity index (χ0) is 11.4. The van der Waals surface area contributed by atoms with Crippen LogP contribution in [0.25, 0.3) is 0 Å². The second-order valence-corrected chi connectivity index (χ2v) is 9.91. The molecule has 1 radical (unpaired) electrons. The number of nitrogens with zero attached hydrogens (tertiary/aromatic N) is 1. The molecule has 2 nitrogen and oxygen atoms in total. The van der Waals surface area contributed by atoms with Crippen LogP contribution in [-0.4, -0.2) is 31.9 Å². The van der Waals surface area contributed by atoms with Gasteiger partial charge in [0.15, 0.2) is 0 Å². The van der Waals surface area contributed by atoms with Gasteiger partial charge in [-0.15, -0.1) is 0 Å². The predicted octanol–water partition coefficient (Wildman–Crippen LogP) is 2.69. The Balaban J connectivity index is 4.37. The highest BCUT2D eigenvalue weighted by atomic mass is 28.3. The molecule has 14 heavy (non-hydrogen) atoms. The van der Waals surface area contributed by atoms with E-state index in [0.717, 1.165) is 13.0 Å². The van der Waals surface area contributed by atoms with Crippen LogP contribution in [0.5, 0.6) is 0 Å². The molecule has 0 aliphatic carbocycles. The van der Waals surface area contributed by atoms with Crippen LogP contribution in [0.15, 0.2) is 0 Å². The van der Waals surface area contributed by atoms with Crippen molar-refractivity contribution in [3.63, 3.8) is 0 Å². The van der Waals surface area contributed by atoms with Crippen molar-refractivity contribution in [2.45, 2.75) is 59.0 Å². The van der Waals surface area contributed by atoms with Crippen LogP contribution in [-0.2, 0) is 0 Å². The summed E-state index contributed by atoms with van der Waals surface area (Å²) in [7, 11) is -1.20. The highest BCUT2D eigenvalue weighted by Crippen LogP contribution is 2.09. The zero-order valence-electron chi connectivity index (χ0n) is 10.7. The Hall–Kier alpha value is 0.137. The first-order chi connectivity index (χ1) is 6.31. The van der Waals surface area contributed by atoms with Crippen LogP contribution in [0.4, 0.5) is 0 Å². The normalized spacial score (nSPS) is 15.2. The molecule has 0 aromatic heterocycles. The van der Waals surface area contributed by atoms with Crippen molar-refractivity contribution < 1.29 is 0 Å². The summed E-state index contributed by atoms with van der Waals surface area (Å²) in [6, 6.07) is 0.593. The highest BCUT2D eigenvalue weighted by Gasteiger charge is 2.23. The van der Waals surface area contributed by atoms with Gasteiger partial charge in [-0.1, -0.05) is 33.5 Å². The molecule has 1 unspecified atom stereocenters. The maximum absolute atomic E-state index is 4.04. The molecule has 0 aliphatic heterocycles. The molecule has 0 amide bonds. The second-order valence-electron chi connectivity index (χ2n) is 5.12. The molecular weight excluding hydrogens is 188 g/mol. The minimum absolute atomic E-state index is 0.451. The average molecular weight is 215 g/mol. The van der Waals surface area contributed by atoms with E-state index in [9.17, 15) is 0 Å².